The van der Waals surface area contributed by atoms with Crippen LogP contribution >= 0.6 is 0 Å². The van der Waals surface area contributed by atoms with Crippen molar-refractivity contribution in [2.75, 3.05) is 19.3 Å². The number of nitrogens with zero attached hydrogens (tertiary/aromatic N) is 1. The van der Waals surface area contributed by atoms with E-state index in [0.29, 0.717) is 31.5 Å². The number of aromatic amines is 1. The van der Waals surface area contributed by atoms with E-state index in [1.807, 2.05) is 24.4 Å². The van der Waals surface area contributed by atoms with Crippen LogP contribution in [0.5, 0.6) is 0 Å². The number of benzene rings is 1. The van der Waals surface area contributed by atoms with E-state index in [0.717, 1.165) is 10.9 Å². The molecule has 0 atom stereocenters. The second-order valence-electron chi connectivity index (χ2n) is 5.69. The van der Waals surface area contributed by atoms with Gasteiger partial charge in [0, 0.05) is 36.4 Å². The third-order valence-electron chi connectivity index (χ3n) is 4.08. The molecular formula is C15H19N3O3S. The predicted molar refractivity (Wildman–Crippen MR) is 85.2 cm³/mol. The van der Waals surface area contributed by atoms with Crippen molar-refractivity contribution in [3.05, 3.63) is 36.0 Å². The van der Waals surface area contributed by atoms with Crippen LogP contribution in [0.2, 0.25) is 0 Å². The average molecular weight is 321 g/mol. The summed E-state index contributed by atoms with van der Waals surface area (Å²) < 4.78 is 24.4. The summed E-state index contributed by atoms with van der Waals surface area (Å²) in [4.78, 5) is 15.4. The number of sulfonamides is 1. The van der Waals surface area contributed by atoms with Crippen molar-refractivity contribution in [2.45, 2.75) is 18.9 Å². The van der Waals surface area contributed by atoms with Gasteiger partial charge in [-0.2, -0.15) is 0 Å². The van der Waals surface area contributed by atoms with Crippen LogP contribution in [0.1, 0.15) is 23.2 Å². The number of piperidine rings is 1. The molecule has 6 nitrogen and oxygen atoms in total. The largest absolute Gasteiger partial charge is 0.361 e. The highest BCUT2D eigenvalue weighted by molar-refractivity contribution is 7.88. The number of carbonyl (C=O) groups is 1. The smallest absolute Gasteiger partial charge is 0.251 e. The predicted octanol–water partition coefficient (Wildman–Crippen LogP) is 1.32. The molecule has 22 heavy (non-hydrogen) atoms. The Hall–Kier alpha value is -1.86. The zero-order valence-electron chi connectivity index (χ0n) is 12.4. The van der Waals surface area contributed by atoms with Crippen molar-refractivity contribution >= 4 is 26.8 Å². The van der Waals surface area contributed by atoms with Crippen LogP contribution in [0.15, 0.2) is 30.5 Å². The van der Waals surface area contributed by atoms with Crippen molar-refractivity contribution in [2.24, 2.45) is 0 Å². The third-order valence-corrected chi connectivity index (χ3v) is 5.38. The monoisotopic (exact) mass is 321 g/mol. The van der Waals surface area contributed by atoms with Gasteiger partial charge in [0.2, 0.25) is 10.0 Å². The molecule has 2 N–H and O–H groups in total. The van der Waals surface area contributed by atoms with E-state index in [-0.39, 0.29) is 11.9 Å². The minimum absolute atomic E-state index is 0.0184. The molecule has 1 aromatic carbocycles. The Morgan fingerprint density at radius 1 is 1.27 bits per heavy atom. The second kappa shape index (κ2) is 5.73. The number of rotatable bonds is 3. The van der Waals surface area contributed by atoms with Crippen molar-refractivity contribution in [1.82, 2.24) is 14.6 Å². The Bertz CT molecular complexity index is 789. The maximum Gasteiger partial charge on any atom is 0.251 e. The highest BCUT2D eigenvalue weighted by Gasteiger charge is 2.25. The normalized spacial score (nSPS) is 17.7. The molecule has 1 aliphatic rings. The summed E-state index contributed by atoms with van der Waals surface area (Å²) in [5.41, 5.74) is 1.54. The molecule has 1 aliphatic heterocycles. The molecule has 7 heteroatoms. The Balaban J connectivity index is 1.63. The summed E-state index contributed by atoms with van der Waals surface area (Å²) in [6.45, 7) is 0.916. The van der Waals surface area contributed by atoms with Gasteiger partial charge in [0.25, 0.3) is 5.91 Å². The first-order valence-corrected chi connectivity index (χ1v) is 9.11. The van der Waals surface area contributed by atoms with Crippen LogP contribution in [-0.2, 0) is 10.0 Å². The molecular weight excluding hydrogens is 302 g/mol. The summed E-state index contributed by atoms with van der Waals surface area (Å²) in [5, 5.41) is 4.06. The lowest BCUT2D eigenvalue weighted by atomic mass is 10.1. The first-order valence-electron chi connectivity index (χ1n) is 7.26. The van der Waals surface area contributed by atoms with Crippen LogP contribution in [0.3, 0.4) is 0 Å². The second-order valence-corrected chi connectivity index (χ2v) is 7.67. The van der Waals surface area contributed by atoms with E-state index in [1.54, 1.807) is 6.07 Å². The van der Waals surface area contributed by atoms with E-state index < -0.39 is 10.0 Å². The van der Waals surface area contributed by atoms with E-state index in [4.69, 9.17) is 0 Å². The van der Waals surface area contributed by atoms with Gasteiger partial charge >= 0.3 is 0 Å². The highest BCUT2D eigenvalue weighted by Crippen LogP contribution is 2.16. The molecule has 0 bridgehead atoms. The summed E-state index contributed by atoms with van der Waals surface area (Å²) in [6, 6.07) is 7.52. The number of nitrogens with one attached hydrogen (secondary N) is 2. The van der Waals surface area contributed by atoms with Gasteiger partial charge in [0.05, 0.1) is 6.26 Å². The van der Waals surface area contributed by atoms with Gasteiger partial charge in [-0.25, -0.2) is 12.7 Å². The van der Waals surface area contributed by atoms with E-state index in [9.17, 15) is 13.2 Å². The zero-order chi connectivity index (χ0) is 15.7. The summed E-state index contributed by atoms with van der Waals surface area (Å²) >= 11 is 0. The van der Waals surface area contributed by atoms with Gasteiger partial charge in [-0.3, -0.25) is 4.79 Å². The molecule has 3 rings (SSSR count). The number of hydrogen-bond donors (Lipinski definition) is 2. The Morgan fingerprint density at radius 2 is 2.00 bits per heavy atom. The molecule has 0 unspecified atom stereocenters. The summed E-state index contributed by atoms with van der Waals surface area (Å²) in [5.74, 6) is -0.116. The van der Waals surface area contributed by atoms with Crippen LogP contribution < -0.4 is 5.32 Å². The molecule has 1 amide bonds. The van der Waals surface area contributed by atoms with Crippen molar-refractivity contribution in [3.8, 4) is 0 Å². The molecule has 0 aliphatic carbocycles. The molecule has 118 valence electrons. The minimum atomic E-state index is -3.13. The zero-order valence-corrected chi connectivity index (χ0v) is 13.2. The number of hydrogen-bond acceptors (Lipinski definition) is 3. The van der Waals surface area contributed by atoms with E-state index in [1.165, 1.54) is 10.6 Å². The van der Waals surface area contributed by atoms with Crippen LogP contribution in [-0.4, -0.2) is 49.0 Å². The topological polar surface area (TPSA) is 82.3 Å². The van der Waals surface area contributed by atoms with Gasteiger partial charge < -0.3 is 10.3 Å². The maximum atomic E-state index is 12.3. The maximum absolute atomic E-state index is 12.3. The molecule has 1 saturated heterocycles. The lowest BCUT2D eigenvalue weighted by molar-refractivity contribution is 0.0924. The number of carbonyl (C=O) groups excluding carboxylic acids is 1. The highest BCUT2D eigenvalue weighted by atomic mass is 32.2. The molecule has 0 spiro atoms. The number of H-pyrrole nitrogens is 1. The third kappa shape index (κ3) is 3.15. The molecule has 1 aromatic heterocycles. The van der Waals surface area contributed by atoms with Gasteiger partial charge in [-0.1, -0.05) is 6.07 Å². The van der Waals surface area contributed by atoms with Gasteiger partial charge in [0.1, 0.15) is 0 Å². The van der Waals surface area contributed by atoms with Gasteiger partial charge in [-0.15, -0.1) is 0 Å². The van der Waals surface area contributed by atoms with E-state index >= 15 is 0 Å². The average Bonchev–Trinajstić information content (AvgIpc) is 2.94. The summed E-state index contributed by atoms with van der Waals surface area (Å²) in [7, 11) is -3.13. The van der Waals surface area contributed by atoms with Crippen molar-refractivity contribution in [3.63, 3.8) is 0 Å². The standard InChI is InChI=1S/C15H19N3O3S/c1-22(20,21)18-8-5-13(6-9-18)17-15(19)12-3-2-11-4-7-16-14(11)10-12/h2-4,7,10,13,16H,5-6,8-9H2,1H3,(H,17,19). The Kier molecular flexibility index (Phi) is 3.92. The van der Waals surface area contributed by atoms with Gasteiger partial charge in [0.15, 0.2) is 0 Å². The van der Waals surface area contributed by atoms with Crippen LogP contribution in [0.4, 0.5) is 0 Å². The minimum Gasteiger partial charge on any atom is -0.361 e. The quantitative estimate of drug-likeness (QED) is 0.894. The number of amides is 1. The number of aromatic nitrogens is 1. The first-order chi connectivity index (χ1) is 10.4. The lowest BCUT2D eigenvalue weighted by Crippen LogP contribution is -2.46. The molecule has 0 saturated carbocycles. The molecule has 0 radical (unpaired) electrons. The van der Waals surface area contributed by atoms with Crippen molar-refractivity contribution < 1.29 is 13.2 Å². The van der Waals surface area contributed by atoms with Crippen LogP contribution in [0, 0.1) is 0 Å². The van der Waals surface area contributed by atoms with Gasteiger partial charge in [-0.05, 0) is 36.4 Å². The molecule has 2 heterocycles. The SMILES string of the molecule is CS(=O)(=O)N1CCC(NC(=O)c2ccc3cc[nH]c3c2)CC1. The van der Waals surface area contributed by atoms with Crippen LogP contribution in [0.25, 0.3) is 10.9 Å². The Morgan fingerprint density at radius 3 is 2.68 bits per heavy atom. The first kappa shape index (κ1) is 15.1. The van der Waals surface area contributed by atoms with Crippen molar-refractivity contribution in [1.29, 1.82) is 0 Å². The number of fused-ring (bicyclic) bond motifs is 1. The fraction of sp³-hybridized carbons (Fsp3) is 0.400. The summed E-state index contributed by atoms with van der Waals surface area (Å²) in [6.07, 6.45) is 4.35. The Labute approximate surface area is 129 Å². The molecule has 2 aromatic rings. The molecule has 1 fully saturated rings. The fourth-order valence-corrected chi connectivity index (χ4v) is 3.66. The lowest BCUT2D eigenvalue weighted by Gasteiger charge is -2.30. The fourth-order valence-electron chi connectivity index (χ4n) is 2.79. The van der Waals surface area contributed by atoms with E-state index in [2.05, 4.69) is 10.3 Å².